The molecule has 5 N–H and O–H groups in total. The molecule has 2 atom stereocenters. The van der Waals surface area contributed by atoms with E-state index in [0.29, 0.717) is 119 Å². The molecule has 0 bridgehead atoms. The molecule has 120 heavy (non-hydrogen) atoms. The highest BCUT2D eigenvalue weighted by Crippen LogP contribution is 2.57. The van der Waals surface area contributed by atoms with Crippen molar-refractivity contribution >= 4 is 23.8 Å². The van der Waals surface area contributed by atoms with Gasteiger partial charge in [0.2, 0.25) is 11.8 Å². The number of carboxylic acid groups (broad SMARTS) is 1. The van der Waals surface area contributed by atoms with Crippen LogP contribution in [0, 0.1) is 0 Å². The molecule has 8 aromatic carbocycles. The van der Waals surface area contributed by atoms with E-state index in [9.17, 15) is 29.4 Å². The van der Waals surface area contributed by atoms with E-state index in [0.717, 1.165) is 145 Å². The zero-order chi connectivity index (χ0) is 85.2. The molecule has 22 heteroatoms. The predicted octanol–water partition coefficient (Wildman–Crippen LogP) is 16.6. The number of unbranched alkanes of at least 4 members (excludes halogenated alkanes) is 2. The number of aliphatic hydroxyl groups excluding tert-OH is 2. The van der Waals surface area contributed by atoms with E-state index < -0.39 is 11.6 Å². The van der Waals surface area contributed by atoms with E-state index in [1.54, 1.807) is 14.2 Å². The topological polar surface area (TPSA) is 273 Å². The summed E-state index contributed by atoms with van der Waals surface area (Å²) in [4.78, 5) is 44.9. The summed E-state index contributed by atoms with van der Waals surface area (Å²) in [5.74, 6) is 1.91. The molecule has 0 fully saturated rings. The summed E-state index contributed by atoms with van der Waals surface area (Å²) >= 11 is 0. The van der Waals surface area contributed by atoms with Gasteiger partial charge in [-0.2, -0.15) is 0 Å². The Hall–Kier alpha value is -9.56. The lowest BCUT2D eigenvalue weighted by Gasteiger charge is -2.33. The van der Waals surface area contributed by atoms with Gasteiger partial charge in [0.05, 0.1) is 105 Å². The number of methoxy groups -OCH3 is 2. The number of benzene rings is 8. The normalized spacial score (nSPS) is 14.2. The number of carboxylic acids is 1. The highest BCUT2D eigenvalue weighted by molar-refractivity contribution is 5.88. The van der Waals surface area contributed by atoms with Gasteiger partial charge in [0.15, 0.2) is 0 Å². The van der Waals surface area contributed by atoms with Crippen molar-refractivity contribution in [1.82, 2.24) is 10.6 Å². The van der Waals surface area contributed by atoms with Crippen molar-refractivity contribution in [2.75, 3.05) is 159 Å². The molecular weight excluding hydrogens is 1530 g/mol. The van der Waals surface area contributed by atoms with Gasteiger partial charge in [0, 0.05) is 78.4 Å². The fourth-order valence-electron chi connectivity index (χ4n) is 15.4. The average Bonchev–Trinajstić information content (AvgIpc) is 1.57. The molecule has 22 nitrogen and oxygen atoms in total. The molecule has 0 saturated carbocycles. The van der Waals surface area contributed by atoms with Crippen LogP contribution in [0.4, 0.5) is 0 Å². The second-order valence-electron chi connectivity index (χ2n) is 31.1. The quantitative estimate of drug-likeness (QED) is 0.0175. The molecular formula is C98H126N2O20. The van der Waals surface area contributed by atoms with Crippen LogP contribution in [0.25, 0.3) is 66.8 Å². The number of aliphatic hydroxyl groups is 2. The van der Waals surface area contributed by atoms with Crippen molar-refractivity contribution in [3.8, 4) is 89.8 Å². The summed E-state index contributed by atoms with van der Waals surface area (Å²) in [6.45, 7) is 18.1. The smallest absolute Gasteiger partial charge is 0.308 e. The largest absolute Gasteiger partial charge is 0.494 e. The molecule has 0 saturated heterocycles. The highest BCUT2D eigenvalue weighted by atomic mass is 16.6. The number of hydrogen-bond donors (Lipinski definition) is 5. The molecule has 8 aromatic rings. The van der Waals surface area contributed by atoms with Gasteiger partial charge in [-0.25, -0.2) is 0 Å². The number of esters is 1. The Morgan fingerprint density at radius 3 is 0.900 bits per heavy atom. The van der Waals surface area contributed by atoms with Gasteiger partial charge in [-0.1, -0.05) is 97.1 Å². The molecule has 0 heterocycles. The zero-order valence-electron chi connectivity index (χ0n) is 71.4. The summed E-state index contributed by atoms with van der Waals surface area (Å²) in [7, 11) is 3.37. The van der Waals surface area contributed by atoms with Crippen molar-refractivity contribution in [2.24, 2.45) is 0 Å². The Balaban J connectivity index is 0.000000274. The number of fused-ring (bicyclic) bond motifs is 6. The number of carbonyl (C=O) groups excluding carboxylic acids is 3. The summed E-state index contributed by atoms with van der Waals surface area (Å²) in [6, 6.07) is 60.1. The first kappa shape index (κ1) is 94.3. The minimum atomic E-state index is -0.884. The van der Waals surface area contributed by atoms with Gasteiger partial charge in [-0.05, 0) is 260 Å². The van der Waals surface area contributed by atoms with Crippen LogP contribution in [0.3, 0.4) is 0 Å². The van der Waals surface area contributed by atoms with Crippen LogP contribution < -0.4 is 29.6 Å². The third kappa shape index (κ3) is 29.7. The van der Waals surface area contributed by atoms with E-state index in [1.807, 2.05) is 69.3 Å². The van der Waals surface area contributed by atoms with Crippen LogP contribution >= 0.6 is 0 Å². The second-order valence-corrected chi connectivity index (χ2v) is 31.1. The van der Waals surface area contributed by atoms with Crippen molar-refractivity contribution in [3.63, 3.8) is 0 Å². The van der Waals surface area contributed by atoms with Crippen LogP contribution in [-0.4, -0.2) is 204 Å². The molecule has 10 rings (SSSR count). The maximum atomic E-state index is 12.0. The number of hydrogen-bond acceptors (Lipinski definition) is 19. The summed E-state index contributed by atoms with van der Waals surface area (Å²) in [5, 5.41) is 33.3. The molecule has 2 aliphatic rings. The van der Waals surface area contributed by atoms with Gasteiger partial charge in [-0.15, -0.1) is 0 Å². The molecule has 0 spiro atoms. The van der Waals surface area contributed by atoms with Crippen LogP contribution in [0.5, 0.6) is 23.0 Å². The Bertz CT molecular complexity index is 4270. The third-order valence-corrected chi connectivity index (χ3v) is 21.1. The lowest BCUT2D eigenvalue weighted by Crippen LogP contribution is -2.27. The first-order valence-corrected chi connectivity index (χ1v) is 42.5. The maximum Gasteiger partial charge on any atom is 0.308 e. The maximum absolute atomic E-state index is 12.0. The van der Waals surface area contributed by atoms with E-state index in [-0.39, 0.29) is 67.9 Å². The lowest BCUT2D eigenvalue weighted by molar-refractivity contribution is -0.156. The predicted molar refractivity (Wildman–Crippen MR) is 467 cm³/mol. The lowest BCUT2D eigenvalue weighted by atomic mass is 9.70. The van der Waals surface area contributed by atoms with Crippen molar-refractivity contribution in [2.45, 2.75) is 141 Å². The monoisotopic (exact) mass is 1650 g/mol. The SMILES string of the molecule is COCCOCCCC1(CCCOCCO)c2cc(-c3ccc(OCCCCNC(C)=O)cc3)ccc2-c2ccc(-c3ccc(OCCOCCC(=O)O)cc3)cc21.COCCOCCCC1(CCCOCCO)c2cc(-c3ccc(OCCCCNC(C)=O)cc3)ccc2-c2ccc(-c3ccc(OCCOCCC(=O)OC(C)(C)C)cc3)cc21. The molecule has 2 amide bonds. The highest BCUT2D eigenvalue weighted by Gasteiger charge is 2.45. The van der Waals surface area contributed by atoms with Gasteiger partial charge in [0.25, 0.3) is 0 Å². The number of carbonyl (C=O) groups is 4. The van der Waals surface area contributed by atoms with Crippen molar-refractivity contribution < 1.29 is 96.1 Å². The molecule has 2 unspecified atom stereocenters. The van der Waals surface area contributed by atoms with Crippen LogP contribution in [0.2, 0.25) is 0 Å². The molecule has 648 valence electrons. The van der Waals surface area contributed by atoms with Gasteiger partial charge >= 0.3 is 11.9 Å². The van der Waals surface area contributed by atoms with Gasteiger partial charge in [0.1, 0.15) is 41.8 Å². The number of amides is 2. The zero-order valence-corrected chi connectivity index (χ0v) is 71.4. The Morgan fingerprint density at radius 1 is 0.325 bits per heavy atom. The van der Waals surface area contributed by atoms with Gasteiger partial charge < -0.3 is 87.5 Å². The molecule has 2 aliphatic carbocycles. The summed E-state index contributed by atoms with van der Waals surface area (Å²) in [6.07, 6.45) is 10.5. The average molecular weight is 1650 g/mol. The third-order valence-electron chi connectivity index (χ3n) is 21.1. The van der Waals surface area contributed by atoms with E-state index in [4.69, 9.17) is 66.7 Å². The standard InChI is InChI=1S/C51H67NO10.C47H59NO10/c1-38(54)52-25-6-7-29-60-43-16-10-39(11-17-43)41-14-20-45-46-21-15-42(40-12-18-44(19-13-40)61-35-34-59-30-22-49(55)62-50(2,3)4)37-48(46)51(47(45)36-41,23-8-27-57-31-26-53)24-9-28-58-33-32-56-5;1-35(50)48-22-3-4-26-57-40-13-7-36(8-14-40)38-11-17-42-43-18-12-39(37-9-15-41(16-10-37)58-32-31-56-27-19-46(51)52)34-45(43)47(44(42)33-38,20-5-24-54-28-23-49)21-6-25-55-30-29-53-2/h10-21,36-37,53H,6-9,22-35H2,1-5H3,(H,52,54);7-18,33-34,49H,3-6,19-32H2,1-2H3,(H,48,50)(H,51,52). The first-order valence-electron chi connectivity index (χ1n) is 42.5. The van der Waals surface area contributed by atoms with Crippen LogP contribution in [0.1, 0.15) is 147 Å². The van der Waals surface area contributed by atoms with Crippen molar-refractivity contribution in [1.29, 1.82) is 0 Å². The summed E-state index contributed by atoms with van der Waals surface area (Å²) in [5.41, 5.74) is 17.9. The Morgan fingerprint density at radius 2 is 0.608 bits per heavy atom. The Kier molecular flexibility index (Phi) is 39.8. The minimum Gasteiger partial charge on any atom is -0.494 e. The fraction of sp³-hybridized carbons (Fsp3) is 0.469. The van der Waals surface area contributed by atoms with Crippen LogP contribution in [-0.2, 0) is 72.6 Å². The van der Waals surface area contributed by atoms with E-state index >= 15 is 0 Å². The van der Waals surface area contributed by atoms with Gasteiger partial charge in [-0.3, -0.25) is 19.2 Å². The summed E-state index contributed by atoms with van der Waals surface area (Å²) < 4.78 is 74.2. The van der Waals surface area contributed by atoms with Crippen molar-refractivity contribution in [3.05, 3.63) is 192 Å². The molecule has 0 aliphatic heterocycles. The van der Waals surface area contributed by atoms with E-state index in [2.05, 4.69) is 132 Å². The second kappa shape index (κ2) is 50.6. The Labute approximate surface area is 709 Å². The number of nitrogens with one attached hydrogen (secondary N) is 2. The molecule has 0 radical (unpaired) electrons. The number of rotatable bonds is 56. The van der Waals surface area contributed by atoms with Crippen LogP contribution in [0.15, 0.2) is 170 Å². The number of ether oxygens (including phenoxy) is 13. The number of aliphatic carboxylic acids is 1. The van der Waals surface area contributed by atoms with E-state index in [1.165, 1.54) is 58.4 Å². The molecule has 0 aromatic heterocycles. The minimum absolute atomic E-state index is 0.00175. The first-order chi connectivity index (χ1) is 58.4. The fourth-order valence-corrected chi connectivity index (χ4v) is 15.4.